The van der Waals surface area contributed by atoms with Gasteiger partial charge in [0.05, 0.1) is 0 Å². The van der Waals surface area contributed by atoms with Crippen LogP contribution in [0.4, 0.5) is 0 Å². The Bertz CT molecular complexity index is 554. The van der Waals surface area contributed by atoms with Crippen molar-refractivity contribution in [3.05, 3.63) is 33.8 Å². The Morgan fingerprint density at radius 1 is 1.24 bits per heavy atom. The van der Waals surface area contributed by atoms with Crippen LogP contribution in [-0.2, 0) is 9.59 Å². The number of nitrogens with one attached hydrogen (secondary N) is 1. The van der Waals surface area contributed by atoms with Crippen LogP contribution in [0.3, 0.4) is 0 Å². The molecule has 6 heteroatoms. The van der Waals surface area contributed by atoms with Gasteiger partial charge in [0.25, 0.3) is 0 Å². The van der Waals surface area contributed by atoms with E-state index in [9.17, 15) is 9.59 Å². The second-order valence-electron chi connectivity index (χ2n) is 5.72. The molecule has 0 bridgehead atoms. The van der Waals surface area contributed by atoms with E-state index >= 15 is 0 Å². The number of carboxylic acid groups (broad SMARTS) is 1. The molecule has 114 valence electrons. The first-order valence-corrected chi connectivity index (χ1v) is 7.54. The Morgan fingerprint density at radius 3 is 2.29 bits per heavy atom. The number of hydrogen-bond acceptors (Lipinski definition) is 2. The van der Waals surface area contributed by atoms with Crippen LogP contribution in [0, 0.1) is 11.8 Å². The predicted molar refractivity (Wildman–Crippen MR) is 81.7 cm³/mol. The van der Waals surface area contributed by atoms with Crippen LogP contribution in [0.5, 0.6) is 0 Å². The van der Waals surface area contributed by atoms with Crippen molar-refractivity contribution in [2.75, 3.05) is 0 Å². The summed E-state index contributed by atoms with van der Waals surface area (Å²) in [5.74, 6) is -1.55. The summed E-state index contributed by atoms with van der Waals surface area (Å²) in [4.78, 5) is 23.2. The summed E-state index contributed by atoms with van der Waals surface area (Å²) in [6.07, 6.45) is 0.687. The van der Waals surface area contributed by atoms with Gasteiger partial charge in [0, 0.05) is 16.0 Å². The van der Waals surface area contributed by atoms with E-state index in [0.29, 0.717) is 16.5 Å². The molecule has 1 aliphatic rings. The quantitative estimate of drug-likeness (QED) is 0.870. The summed E-state index contributed by atoms with van der Waals surface area (Å²) >= 11 is 11.9. The molecule has 0 aliphatic heterocycles. The molecule has 2 rings (SSSR count). The molecule has 1 aromatic carbocycles. The first kappa shape index (κ1) is 16.1. The van der Waals surface area contributed by atoms with Gasteiger partial charge in [0.1, 0.15) is 6.04 Å². The third-order valence-electron chi connectivity index (χ3n) is 3.67. The van der Waals surface area contributed by atoms with Gasteiger partial charge < -0.3 is 10.4 Å². The normalized spacial score (nSPS) is 22.0. The number of aliphatic carboxylic acids is 1. The number of carboxylic acids is 1. The van der Waals surface area contributed by atoms with Crippen LogP contribution in [0.1, 0.15) is 31.7 Å². The van der Waals surface area contributed by atoms with Crippen molar-refractivity contribution in [3.8, 4) is 0 Å². The van der Waals surface area contributed by atoms with Gasteiger partial charge in [0.2, 0.25) is 5.91 Å². The molecule has 2 N–H and O–H groups in total. The van der Waals surface area contributed by atoms with Crippen molar-refractivity contribution >= 4 is 35.1 Å². The highest BCUT2D eigenvalue weighted by Gasteiger charge is 2.45. The summed E-state index contributed by atoms with van der Waals surface area (Å²) in [6.45, 7) is 3.53. The lowest BCUT2D eigenvalue weighted by Gasteiger charge is -2.17. The number of hydrogen-bond donors (Lipinski definition) is 2. The zero-order chi connectivity index (χ0) is 15.7. The second kappa shape index (κ2) is 6.24. The molecule has 0 radical (unpaired) electrons. The van der Waals surface area contributed by atoms with Crippen LogP contribution < -0.4 is 5.32 Å². The highest BCUT2D eigenvalue weighted by Crippen LogP contribution is 2.48. The Balaban J connectivity index is 2.02. The zero-order valence-electron chi connectivity index (χ0n) is 11.8. The largest absolute Gasteiger partial charge is 0.480 e. The van der Waals surface area contributed by atoms with Gasteiger partial charge in [-0.2, -0.15) is 0 Å². The molecular formula is C15H17Cl2NO3. The van der Waals surface area contributed by atoms with E-state index in [1.165, 1.54) is 0 Å². The fourth-order valence-corrected chi connectivity index (χ4v) is 2.96. The highest BCUT2D eigenvalue weighted by molar-refractivity contribution is 6.34. The molecule has 3 atom stereocenters. The van der Waals surface area contributed by atoms with E-state index in [4.69, 9.17) is 28.3 Å². The van der Waals surface area contributed by atoms with Crippen LogP contribution in [0.15, 0.2) is 18.2 Å². The number of amides is 1. The fraction of sp³-hybridized carbons (Fsp3) is 0.467. The molecular weight excluding hydrogens is 313 g/mol. The van der Waals surface area contributed by atoms with Crippen LogP contribution >= 0.6 is 23.2 Å². The van der Waals surface area contributed by atoms with Crippen molar-refractivity contribution in [1.29, 1.82) is 0 Å². The number of carbonyl (C=O) groups excluding carboxylic acids is 1. The zero-order valence-corrected chi connectivity index (χ0v) is 13.3. The first-order chi connectivity index (χ1) is 9.79. The van der Waals surface area contributed by atoms with Crippen LogP contribution in [0.25, 0.3) is 0 Å². The predicted octanol–water partition coefficient (Wildman–Crippen LogP) is 3.32. The lowest BCUT2D eigenvalue weighted by atomic mass is 10.0. The lowest BCUT2D eigenvalue weighted by Crippen LogP contribution is -2.45. The molecule has 1 saturated carbocycles. The minimum atomic E-state index is -1.01. The third-order valence-corrected chi connectivity index (χ3v) is 4.11. The van der Waals surface area contributed by atoms with Gasteiger partial charge in [0.15, 0.2) is 0 Å². The van der Waals surface area contributed by atoms with Gasteiger partial charge in [-0.25, -0.2) is 4.79 Å². The first-order valence-electron chi connectivity index (χ1n) is 6.78. The third kappa shape index (κ3) is 3.89. The van der Waals surface area contributed by atoms with Crippen LogP contribution in [-0.4, -0.2) is 23.0 Å². The van der Waals surface area contributed by atoms with Gasteiger partial charge in [-0.3, -0.25) is 4.79 Å². The van der Waals surface area contributed by atoms with Gasteiger partial charge in [-0.05, 0) is 42.0 Å². The molecule has 1 fully saturated rings. The van der Waals surface area contributed by atoms with E-state index < -0.39 is 12.0 Å². The van der Waals surface area contributed by atoms with Crippen molar-refractivity contribution in [2.45, 2.75) is 32.2 Å². The van der Waals surface area contributed by atoms with Gasteiger partial charge in [-0.1, -0.05) is 37.0 Å². The maximum atomic E-state index is 12.1. The number of rotatable bonds is 5. The fourth-order valence-electron chi connectivity index (χ4n) is 2.42. The second-order valence-corrected chi connectivity index (χ2v) is 6.59. The molecule has 0 spiro atoms. The van der Waals surface area contributed by atoms with Crippen molar-refractivity contribution < 1.29 is 14.7 Å². The number of carbonyl (C=O) groups is 2. The molecule has 4 nitrogen and oxygen atoms in total. The minimum Gasteiger partial charge on any atom is -0.480 e. The maximum Gasteiger partial charge on any atom is 0.326 e. The van der Waals surface area contributed by atoms with Gasteiger partial charge in [-0.15, -0.1) is 0 Å². The molecule has 2 unspecified atom stereocenters. The lowest BCUT2D eigenvalue weighted by molar-refractivity contribution is -0.143. The Labute approximate surface area is 133 Å². The minimum absolute atomic E-state index is 0.0582. The molecule has 1 aliphatic carbocycles. The summed E-state index contributed by atoms with van der Waals surface area (Å²) in [6, 6.07) is 4.37. The van der Waals surface area contributed by atoms with Crippen LogP contribution in [0.2, 0.25) is 10.0 Å². The summed E-state index contributed by atoms with van der Waals surface area (Å²) in [7, 11) is 0. The number of halogens is 2. The average molecular weight is 330 g/mol. The van der Waals surface area contributed by atoms with Crippen molar-refractivity contribution in [3.63, 3.8) is 0 Å². The molecule has 21 heavy (non-hydrogen) atoms. The topological polar surface area (TPSA) is 66.4 Å². The highest BCUT2D eigenvalue weighted by atomic mass is 35.5. The summed E-state index contributed by atoms with van der Waals surface area (Å²) in [5, 5.41) is 12.8. The summed E-state index contributed by atoms with van der Waals surface area (Å²) < 4.78 is 0. The number of benzene rings is 1. The Morgan fingerprint density at radius 2 is 1.81 bits per heavy atom. The smallest absolute Gasteiger partial charge is 0.326 e. The molecule has 0 saturated heterocycles. The molecule has 0 aromatic heterocycles. The summed E-state index contributed by atoms with van der Waals surface area (Å²) in [5.41, 5.74) is 0.920. The van der Waals surface area contributed by atoms with Crippen molar-refractivity contribution in [2.24, 2.45) is 11.8 Å². The molecule has 0 heterocycles. The Kier molecular flexibility index (Phi) is 4.79. The van der Waals surface area contributed by atoms with E-state index in [0.717, 1.165) is 5.56 Å². The van der Waals surface area contributed by atoms with E-state index in [1.54, 1.807) is 32.0 Å². The van der Waals surface area contributed by atoms with E-state index in [2.05, 4.69) is 5.32 Å². The van der Waals surface area contributed by atoms with Gasteiger partial charge >= 0.3 is 5.97 Å². The van der Waals surface area contributed by atoms with E-state index in [-0.39, 0.29) is 23.7 Å². The van der Waals surface area contributed by atoms with E-state index in [1.807, 2.05) is 0 Å². The Hall–Kier alpha value is -1.26. The molecule has 1 aromatic rings. The average Bonchev–Trinajstić information content (AvgIpc) is 3.13. The monoisotopic (exact) mass is 329 g/mol. The molecule has 1 amide bonds. The SMILES string of the molecule is CC(C)[C@@H](NC(=O)C1CC1c1cc(Cl)cc(Cl)c1)C(=O)O. The van der Waals surface area contributed by atoms with Crippen molar-refractivity contribution in [1.82, 2.24) is 5.32 Å². The maximum absolute atomic E-state index is 12.1. The standard InChI is InChI=1S/C15H17Cl2NO3/c1-7(2)13(15(20)21)18-14(19)12-6-11(12)8-3-9(16)5-10(17)4-8/h3-5,7,11-13H,6H2,1-2H3,(H,18,19)(H,20,21)/t11?,12?,13-/m1/s1.